The number of rotatable bonds is 1. The molecule has 72 valence electrons. The van der Waals surface area contributed by atoms with Gasteiger partial charge in [-0.15, -0.1) is 0 Å². The van der Waals surface area contributed by atoms with Crippen LogP contribution in [0.3, 0.4) is 0 Å². The van der Waals surface area contributed by atoms with Crippen molar-refractivity contribution >= 4 is 0 Å². The number of nitrogens with two attached hydrogens (primary N) is 1. The molecule has 0 spiro atoms. The summed E-state index contributed by atoms with van der Waals surface area (Å²) in [4.78, 5) is 3.24. The second-order valence-electron chi connectivity index (χ2n) is 5.00. The van der Waals surface area contributed by atoms with Gasteiger partial charge < -0.3 is 10.7 Å². The Morgan fingerprint density at radius 2 is 1.92 bits per heavy atom. The molecule has 0 amide bonds. The molecule has 1 aromatic heterocycles. The highest BCUT2D eigenvalue weighted by Gasteiger charge is 2.60. The lowest BCUT2D eigenvalue weighted by Crippen LogP contribution is -2.26. The topological polar surface area (TPSA) is 41.8 Å². The molecule has 1 aliphatic rings. The van der Waals surface area contributed by atoms with Crippen molar-refractivity contribution in [1.29, 1.82) is 0 Å². The molecule has 0 saturated heterocycles. The highest BCUT2D eigenvalue weighted by Crippen LogP contribution is 2.61. The first-order valence-corrected chi connectivity index (χ1v) is 4.82. The third-order valence-corrected chi connectivity index (χ3v) is 3.52. The Hall–Kier alpha value is -0.760. The lowest BCUT2D eigenvalue weighted by molar-refractivity contribution is 0.507. The summed E-state index contributed by atoms with van der Waals surface area (Å²) in [7, 11) is 0. The predicted molar refractivity (Wildman–Crippen MR) is 54.5 cm³/mol. The number of hydrogen-bond acceptors (Lipinski definition) is 1. The molecule has 0 bridgehead atoms. The number of aryl methyl sites for hydroxylation is 2. The minimum Gasteiger partial charge on any atom is -0.365 e. The highest BCUT2D eigenvalue weighted by atomic mass is 14.9. The van der Waals surface area contributed by atoms with E-state index in [1.807, 2.05) is 6.20 Å². The van der Waals surface area contributed by atoms with E-state index in [-0.39, 0.29) is 11.0 Å². The van der Waals surface area contributed by atoms with Gasteiger partial charge in [-0.1, -0.05) is 13.8 Å². The van der Waals surface area contributed by atoms with E-state index in [0.717, 1.165) is 6.42 Å². The zero-order chi connectivity index (χ0) is 9.85. The first kappa shape index (κ1) is 8.82. The van der Waals surface area contributed by atoms with Gasteiger partial charge in [-0.05, 0) is 36.8 Å². The molecule has 1 heterocycles. The molecule has 2 nitrogen and oxygen atoms in total. The molecular weight excluding hydrogens is 160 g/mol. The van der Waals surface area contributed by atoms with Gasteiger partial charge in [0.05, 0.1) is 0 Å². The summed E-state index contributed by atoms with van der Waals surface area (Å²) < 4.78 is 0. The summed E-state index contributed by atoms with van der Waals surface area (Å²) in [6.07, 6.45) is 3.15. The van der Waals surface area contributed by atoms with Crippen molar-refractivity contribution < 1.29 is 0 Å². The van der Waals surface area contributed by atoms with E-state index in [1.165, 1.54) is 16.8 Å². The van der Waals surface area contributed by atoms with Gasteiger partial charge >= 0.3 is 0 Å². The molecular formula is C11H18N2. The van der Waals surface area contributed by atoms with Crippen molar-refractivity contribution in [1.82, 2.24) is 4.98 Å². The molecule has 3 N–H and O–H groups in total. The Bertz CT molecular complexity index is 329. The van der Waals surface area contributed by atoms with Crippen LogP contribution in [0.1, 0.15) is 37.1 Å². The van der Waals surface area contributed by atoms with E-state index in [0.29, 0.717) is 0 Å². The Morgan fingerprint density at radius 3 is 2.23 bits per heavy atom. The Balaban J connectivity index is 2.48. The molecule has 1 aromatic rings. The third kappa shape index (κ3) is 0.983. The fraction of sp³-hybridized carbons (Fsp3) is 0.636. The average Bonchev–Trinajstić information content (AvgIpc) is 2.35. The van der Waals surface area contributed by atoms with Crippen molar-refractivity contribution in [3.63, 3.8) is 0 Å². The summed E-state index contributed by atoms with van der Waals surface area (Å²) in [5, 5.41) is 0. The van der Waals surface area contributed by atoms with Gasteiger partial charge in [0.25, 0.3) is 0 Å². The maximum atomic E-state index is 6.37. The lowest BCUT2D eigenvalue weighted by Gasteiger charge is -2.16. The van der Waals surface area contributed by atoms with Crippen LogP contribution in [0.2, 0.25) is 0 Å². The van der Waals surface area contributed by atoms with Gasteiger partial charge in [-0.25, -0.2) is 0 Å². The van der Waals surface area contributed by atoms with Gasteiger partial charge in [0.2, 0.25) is 0 Å². The van der Waals surface area contributed by atoms with Gasteiger partial charge in [0, 0.05) is 17.4 Å². The number of nitrogens with one attached hydrogen (secondary N) is 1. The summed E-state index contributed by atoms with van der Waals surface area (Å²) in [6.45, 7) is 8.70. The second kappa shape index (κ2) is 2.18. The summed E-state index contributed by atoms with van der Waals surface area (Å²) >= 11 is 0. The van der Waals surface area contributed by atoms with Crippen molar-refractivity contribution in [2.45, 2.75) is 39.7 Å². The number of aromatic nitrogens is 1. The number of aromatic amines is 1. The molecule has 1 saturated carbocycles. The summed E-state index contributed by atoms with van der Waals surface area (Å²) in [6, 6.07) is 0. The minimum absolute atomic E-state index is 0.0822. The van der Waals surface area contributed by atoms with Crippen LogP contribution in [0.25, 0.3) is 0 Å². The Morgan fingerprint density at radius 1 is 1.38 bits per heavy atom. The second-order valence-corrected chi connectivity index (χ2v) is 5.00. The highest BCUT2D eigenvalue weighted by molar-refractivity contribution is 5.43. The predicted octanol–water partition coefficient (Wildman–Crippen LogP) is 2.22. The van der Waals surface area contributed by atoms with Gasteiger partial charge in [0.15, 0.2) is 0 Å². The molecule has 0 aromatic carbocycles. The van der Waals surface area contributed by atoms with Crippen LogP contribution in [-0.4, -0.2) is 4.98 Å². The summed E-state index contributed by atoms with van der Waals surface area (Å²) in [5.74, 6) is 0. The zero-order valence-electron chi connectivity index (χ0n) is 8.86. The number of H-pyrrole nitrogens is 1. The SMILES string of the molecule is Cc1c[nH]c(C)c1C1(N)CC1(C)C. The van der Waals surface area contributed by atoms with E-state index in [1.54, 1.807) is 0 Å². The first-order chi connectivity index (χ1) is 5.88. The van der Waals surface area contributed by atoms with Gasteiger partial charge in [-0.3, -0.25) is 0 Å². The zero-order valence-corrected chi connectivity index (χ0v) is 8.86. The van der Waals surface area contributed by atoms with Crippen LogP contribution in [0.4, 0.5) is 0 Å². The lowest BCUT2D eigenvalue weighted by atomic mass is 9.94. The van der Waals surface area contributed by atoms with Crippen LogP contribution in [0, 0.1) is 19.3 Å². The van der Waals surface area contributed by atoms with Crippen LogP contribution in [0.5, 0.6) is 0 Å². The maximum Gasteiger partial charge on any atom is 0.0488 e. The molecule has 2 heteroatoms. The Labute approximate surface area is 79.5 Å². The normalized spacial score (nSPS) is 30.5. The maximum absolute atomic E-state index is 6.37. The smallest absolute Gasteiger partial charge is 0.0488 e. The van der Waals surface area contributed by atoms with E-state index in [2.05, 4.69) is 32.7 Å². The van der Waals surface area contributed by atoms with Crippen molar-refractivity contribution in [3.8, 4) is 0 Å². The van der Waals surface area contributed by atoms with E-state index >= 15 is 0 Å². The minimum atomic E-state index is -0.0822. The van der Waals surface area contributed by atoms with E-state index < -0.39 is 0 Å². The fourth-order valence-corrected chi connectivity index (χ4v) is 2.42. The molecule has 1 atom stereocenters. The molecule has 1 aliphatic carbocycles. The molecule has 0 aliphatic heterocycles. The van der Waals surface area contributed by atoms with Crippen LogP contribution in [-0.2, 0) is 5.54 Å². The van der Waals surface area contributed by atoms with Gasteiger partial charge in [-0.2, -0.15) is 0 Å². The molecule has 1 unspecified atom stereocenters. The Kier molecular flexibility index (Phi) is 1.48. The molecule has 0 radical (unpaired) electrons. The number of hydrogen-bond donors (Lipinski definition) is 2. The standard InChI is InChI=1S/C11H18N2/c1-7-5-13-8(2)9(7)11(12)6-10(11,3)4/h5,13H,6,12H2,1-4H3. The quantitative estimate of drug-likeness (QED) is 0.680. The van der Waals surface area contributed by atoms with Crippen LogP contribution < -0.4 is 5.73 Å². The third-order valence-electron chi connectivity index (χ3n) is 3.52. The summed E-state index contributed by atoms with van der Waals surface area (Å²) in [5.41, 5.74) is 10.4. The fourth-order valence-electron chi connectivity index (χ4n) is 2.42. The van der Waals surface area contributed by atoms with E-state index in [4.69, 9.17) is 5.73 Å². The van der Waals surface area contributed by atoms with Crippen LogP contribution >= 0.6 is 0 Å². The van der Waals surface area contributed by atoms with Crippen molar-refractivity contribution in [2.75, 3.05) is 0 Å². The van der Waals surface area contributed by atoms with Gasteiger partial charge in [0.1, 0.15) is 0 Å². The van der Waals surface area contributed by atoms with Crippen molar-refractivity contribution in [2.24, 2.45) is 11.1 Å². The molecule has 1 fully saturated rings. The molecule has 2 rings (SSSR count). The largest absolute Gasteiger partial charge is 0.365 e. The van der Waals surface area contributed by atoms with E-state index in [9.17, 15) is 0 Å². The first-order valence-electron chi connectivity index (χ1n) is 4.82. The average molecular weight is 178 g/mol. The monoisotopic (exact) mass is 178 g/mol. The van der Waals surface area contributed by atoms with Crippen molar-refractivity contribution in [3.05, 3.63) is 23.0 Å². The van der Waals surface area contributed by atoms with Crippen LogP contribution in [0.15, 0.2) is 6.20 Å². The molecule has 13 heavy (non-hydrogen) atoms.